The Bertz CT molecular complexity index is 1540. The Morgan fingerprint density at radius 3 is 2.42 bits per heavy atom. The number of carbonyl (C=O) groups excluding carboxylic acids is 4. The van der Waals surface area contributed by atoms with E-state index in [-0.39, 0.29) is 18.3 Å². The van der Waals surface area contributed by atoms with Crippen LogP contribution in [0.1, 0.15) is 68.9 Å². The van der Waals surface area contributed by atoms with Crippen LogP contribution in [-0.2, 0) is 31.9 Å². The van der Waals surface area contributed by atoms with Gasteiger partial charge in [-0.1, -0.05) is 36.4 Å². The van der Waals surface area contributed by atoms with Crippen molar-refractivity contribution in [2.24, 2.45) is 0 Å². The predicted molar refractivity (Wildman–Crippen MR) is 161 cm³/mol. The summed E-state index contributed by atoms with van der Waals surface area (Å²) in [7, 11) is 0. The highest BCUT2D eigenvalue weighted by Gasteiger charge is 2.44. The fraction of sp³-hybridized carbons (Fsp3) is 0.455. The maximum Gasteiger partial charge on any atom is 0.408 e. The van der Waals surface area contributed by atoms with E-state index in [9.17, 15) is 19.2 Å². The van der Waals surface area contributed by atoms with Crippen LogP contribution in [0.3, 0.4) is 0 Å². The van der Waals surface area contributed by atoms with Crippen molar-refractivity contribution in [3.8, 4) is 0 Å². The lowest BCUT2D eigenvalue weighted by atomic mass is 9.81. The number of benzene rings is 2. The molecule has 1 spiro atoms. The zero-order valence-electron chi connectivity index (χ0n) is 25.4. The molecule has 0 saturated carbocycles. The summed E-state index contributed by atoms with van der Waals surface area (Å²) < 4.78 is 11.3. The molecule has 2 aliphatic rings. The minimum atomic E-state index is -1.35. The number of piperidine rings is 1. The smallest absolute Gasteiger partial charge is 0.408 e. The van der Waals surface area contributed by atoms with Gasteiger partial charge in [-0.3, -0.25) is 9.59 Å². The van der Waals surface area contributed by atoms with Crippen LogP contribution in [0.4, 0.5) is 4.79 Å². The molecule has 3 N–H and O–H groups in total. The Morgan fingerprint density at radius 1 is 1.02 bits per heavy atom. The minimum absolute atomic E-state index is 0.232. The molecule has 228 valence electrons. The number of amides is 3. The molecular weight excluding hydrogens is 548 g/mol. The van der Waals surface area contributed by atoms with Gasteiger partial charge in [0.05, 0.1) is 5.56 Å². The van der Waals surface area contributed by atoms with Crippen LogP contribution in [0, 0.1) is 0 Å². The lowest BCUT2D eigenvalue weighted by Gasteiger charge is -2.44. The van der Waals surface area contributed by atoms with Crippen molar-refractivity contribution >= 4 is 34.8 Å². The maximum atomic E-state index is 14.0. The molecule has 3 amide bonds. The van der Waals surface area contributed by atoms with Crippen molar-refractivity contribution in [2.75, 3.05) is 13.1 Å². The van der Waals surface area contributed by atoms with Gasteiger partial charge in [-0.15, -0.1) is 0 Å². The third-order valence-corrected chi connectivity index (χ3v) is 8.13. The fourth-order valence-electron chi connectivity index (χ4n) is 5.82. The lowest BCUT2D eigenvalue weighted by molar-refractivity contribution is -0.141. The van der Waals surface area contributed by atoms with Crippen molar-refractivity contribution in [1.82, 2.24) is 20.5 Å². The number of aromatic amines is 1. The van der Waals surface area contributed by atoms with E-state index in [0.29, 0.717) is 37.9 Å². The molecule has 1 atom stereocenters. The molecule has 43 heavy (non-hydrogen) atoms. The Morgan fingerprint density at radius 2 is 1.70 bits per heavy atom. The first-order valence-corrected chi connectivity index (χ1v) is 14.7. The van der Waals surface area contributed by atoms with Crippen molar-refractivity contribution in [1.29, 1.82) is 0 Å². The van der Waals surface area contributed by atoms with E-state index in [4.69, 9.17) is 9.47 Å². The zero-order chi connectivity index (χ0) is 31.0. The number of ether oxygens (including phenoxy) is 2. The van der Waals surface area contributed by atoms with E-state index >= 15 is 0 Å². The summed E-state index contributed by atoms with van der Waals surface area (Å²) in [6.45, 7) is 9.13. The van der Waals surface area contributed by atoms with Gasteiger partial charge in [0.2, 0.25) is 11.8 Å². The number of fused-ring (bicyclic) bond motifs is 2. The molecule has 1 fully saturated rings. The maximum absolute atomic E-state index is 14.0. The Labute approximate surface area is 251 Å². The average Bonchev–Trinajstić information content (AvgIpc) is 3.34. The van der Waals surface area contributed by atoms with Gasteiger partial charge in [0.1, 0.15) is 22.8 Å². The molecule has 1 saturated heterocycles. The van der Waals surface area contributed by atoms with Gasteiger partial charge in [-0.2, -0.15) is 0 Å². The van der Waals surface area contributed by atoms with Gasteiger partial charge in [-0.05, 0) is 57.9 Å². The van der Waals surface area contributed by atoms with Crippen LogP contribution in [0.2, 0.25) is 0 Å². The Hall–Kier alpha value is -4.34. The predicted octanol–water partition coefficient (Wildman–Crippen LogP) is 4.27. The Balaban J connectivity index is 1.33. The fourth-order valence-corrected chi connectivity index (χ4v) is 5.82. The van der Waals surface area contributed by atoms with Crippen molar-refractivity contribution in [3.63, 3.8) is 0 Å². The number of aromatic nitrogens is 1. The second kappa shape index (κ2) is 11.4. The van der Waals surface area contributed by atoms with Crippen LogP contribution in [0.15, 0.2) is 54.7 Å². The van der Waals surface area contributed by atoms with Crippen molar-refractivity contribution < 1.29 is 28.7 Å². The third-order valence-electron chi connectivity index (χ3n) is 8.13. The number of hydrogen-bond acceptors (Lipinski definition) is 6. The van der Waals surface area contributed by atoms with E-state index in [1.54, 1.807) is 45.6 Å². The standard InChI is InChI=1S/C33H40N4O6/c1-31(2,3)43-30(41)36-32(4,5)29(40)35-26(18-22-20-34-25-13-9-8-11-23(22)25)27(38)37-16-14-33(15-17-37)19-21-10-6-7-12-24(21)28(39)42-33/h6-13,20,26,34H,14-19H2,1-5H3,(H,35,40)(H,36,41)/t26-/m1/s1. The second-order valence-electron chi connectivity index (χ2n) is 13.1. The lowest BCUT2D eigenvalue weighted by Crippen LogP contribution is -2.61. The van der Waals surface area contributed by atoms with E-state index < -0.39 is 34.8 Å². The van der Waals surface area contributed by atoms with Crippen LogP contribution < -0.4 is 10.6 Å². The van der Waals surface area contributed by atoms with Gasteiger partial charge >= 0.3 is 12.1 Å². The topological polar surface area (TPSA) is 130 Å². The van der Waals surface area contributed by atoms with Gasteiger partial charge in [0, 0.05) is 55.9 Å². The number of hydrogen-bond donors (Lipinski definition) is 3. The van der Waals surface area contributed by atoms with Gasteiger partial charge in [-0.25, -0.2) is 9.59 Å². The summed E-state index contributed by atoms with van der Waals surface area (Å²) in [6.07, 6.45) is 2.98. The molecular formula is C33H40N4O6. The number of esters is 1. The largest absolute Gasteiger partial charge is 0.455 e. The monoisotopic (exact) mass is 588 g/mol. The molecule has 5 rings (SSSR count). The normalized spacial score (nSPS) is 17.1. The van der Waals surface area contributed by atoms with Crippen LogP contribution >= 0.6 is 0 Å². The van der Waals surface area contributed by atoms with E-state index in [1.807, 2.05) is 48.7 Å². The molecule has 0 bridgehead atoms. The number of nitrogens with one attached hydrogen (secondary N) is 3. The SMILES string of the molecule is CC(C)(C)OC(=O)NC(C)(C)C(=O)N[C@H](Cc1c[nH]c2ccccc12)C(=O)N1CCC2(CC1)Cc1ccccc1C(=O)O2. The minimum Gasteiger partial charge on any atom is -0.455 e. The number of H-pyrrole nitrogens is 1. The number of alkyl carbamates (subject to hydrolysis) is 1. The highest BCUT2D eigenvalue weighted by atomic mass is 16.6. The zero-order valence-corrected chi connectivity index (χ0v) is 25.4. The van der Waals surface area contributed by atoms with Gasteiger partial charge in [0.25, 0.3) is 0 Å². The highest BCUT2D eigenvalue weighted by Crippen LogP contribution is 2.36. The molecule has 2 aliphatic heterocycles. The molecule has 0 unspecified atom stereocenters. The number of para-hydroxylation sites is 1. The van der Waals surface area contributed by atoms with Gasteiger partial charge in [0.15, 0.2) is 0 Å². The summed E-state index contributed by atoms with van der Waals surface area (Å²) in [6, 6.07) is 14.4. The molecule has 0 radical (unpaired) electrons. The molecule has 10 nitrogen and oxygen atoms in total. The number of carbonyl (C=O) groups is 4. The summed E-state index contributed by atoms with van der Waals surface area (Å²) >= 11 is 0. The molecule has 1 aromatic heterocycles. The van der Waals surface area contributed by atoms with Crippen molar-refractivity contribution in [2.45, 2.75) is 83.1 Å². The molecule has 10 heteroatoms. The molecule has 2 aromatic carbocycles. The number of likely N-dealkylation sites (tertiary alicyclic amines) is 1. The number of rotatable bonds is 6. The van der Waals surface area contributed by atoms with Crippen molar-refractivity contribution in [3.05, 3.63) is 71.4 Å². The number of nitrogens with zero attached hydrogens (tertiary/aromatic N) is 1. The summed E-state index contributed by atoms with van der Waals surface area (Å²) in [5, 5.41) is 6.50. The third kappa shape index (κ3) is 6.68. The molecule has 0 aliphatic carbocycles. The first-order chi connectivity index (χ1) is 20.3. The molecule has 3 aromatic rings. The van der Waals surface area contributed by atoms with Gasteiger partial charge < -0.3 is 30.0 Å². The van der Waals surface area contributed by atoms with Crippen LogP contribution in [0.5, 0.6) is 0 Å². The van der Waals surface area contributed by atoms with Crippen LogP contribution in [-0.4, -0.2) is 69.6 Å². The summed E-state index contributed by atoms with van der Waals surface area (Å²) in [4.78, 5) is 57.8. The highest BCUT2D eigenvalue weighted by molar-refractivity contribution is 5.95. The van der Waals surface area contributed by atoms with E-state index in [2.05, 4.69) is 15.6 Å². The first-order valence-electron chi connectivity index (χ1n) is 14.7. The Kier molecular flexibility index (Phi) is 7.98. The summed E-state index contributed by atoms with van der Waals surface area (Å²) in [5.41, 5.74) is 0.636. The van der Waals surface area contributed by atoms with Crippen LogP contribution in [0.25, 0.3) is 10.9 Å². The molecule has 3 heterocycles. The summed E-state index contributed by atoms with van der Waals surface area (Å²) in [5.74, 6) is -1.07. The van der Waals surface area contributed by atoms with E-state index in [0.717, 1.165) is 22.0 Å². The quantitative estimate of drug-likeness (QED) is 0.369. The first kappa shape index (κ1) is 30.1. The van der Waals surface area contributed by atoms with E-state index in [1.165, 1.54) is 0 Å². The average molecular weight is 589 g/mol. The second-order valence-corrected chi connectivity index (χ2v) is 13.1.